The van der Waals surface area contributed by atoms with Crippen LogP contribution < -0.4 is 5.32 Å². The van der Waals surface area contributed by atoms with E-state index in [9.17, 15) is 13.6 Å². The SMILES string of the molecule is C=CC(=O)NCc1ccnn1C1CC1(F)F. The van der Waals surface area contributed by atoms with Crippen LogP contribution in [0.15, 0.2) is 24.9 Å². The normalized spacial score (nSPS) is 21.5. The maximum atomic E-state index is 12.8. The Labute approximate surface area is 90.9 Å². The summed E-state index contributed by atoms with van der Waals surface area (Å²) in [6.45, 7) is 3.48. The Morgan fingerprint density at radius 1 is 1.81 bits per heavy atom. The summed E-state index contributed by atoms with van der Waals surface area (Å²) in [7, 11) is 0. The van der Waals surface area contributed by atoms with Crippen molar-refractivity contribution in [1.29, 1.82) is 0 Å². The Morgan fingerprint density at radius 3 is 3.06 bits per heavy atom. The fourth-order valence-corrected chi connectivity index (χ4v) is 1.48. The van der Waals surface area contributed by atoms with Crippen LogP contribution in [0.25, 0.3) is 0 Å². The lowest BCUT2D eigenvalue weighted by atomic mass is 10.4. The first-order valence-electron chi connectivity index (χ1n) is 4.85. The summed E-state index contributed by atoms with van der Waals surface area (Å²) in [4.78, 5) is 10.9. The minimum Gasteiger partial charge on any atom is -0.347 e. The highest BCUT2D eigenvalue weighted by molar-refractivity contribution is 5.86. The second-order valence-corrected chi connectivity index (χ2v) is 3.67. The highest BCUT2D eigenvalue weighted by atomic mass is 19.3. The predicted molar refractivity (Wildman–Crippen MR) is 52.9 cm³/mol. The first-order chi connectivity index (χ1) is 7.54. The number of carbonyl (C=O) groups excluding carboxylic acids is 1. The van der Waals surface area contributed by atoms with Crippen LogP contribution >= 0.6 is 0 Å². The molecule has 1 heterocycles. The van der Waals surface area contributed by atoms with Crippen molar-refractivity contribution in [3.63, 3.8) is 0 Å². The molecular formula is C10H11F2N3O. The average molecular weight is 227 g/mol. The number of halogens is 2. The quantitative estimate of drug-likeness (QED) is 0.787. The van der Waals surface area contributed by atoms with E-state index in [1.807, 2.05) is 0 Å². The van der Waals surface area contributed by atoms with E-state index < -0.39 is 12.0 Å². The fraction of sp³-hybridized carbons (Fsp3) is 0.400. The van der Waals surface area contributed by atoms with E-state index in [1.165, 1.54) is 10.9 Å². The van der Waals surface area contributed by atoms with Crippen molar-refractivity contribution in [1.82, 2.24) is 15.1 Å². The van der Waals surface area contributed by atoms with Crippen LogP contribution in [-0.4, -0.2) is 21.6 Å². The molecule has 4 nitrogen and oxygen atoms in total. The number of alkyl halides is 2. The molecule has 1 aromatic rings. The number of hydrogen-bond acceptors (Lipinski definition) is 2. The molecule has 2 rings (SSSR count). The number of hydrogen-bond donors (Lipinski definition) is 1. The van der Waals surface area contributed by atoms with Crippen molar-refractivity contribution in [2.45, 2.75) is 24.9 Å². The number of amides is 1. The van der Waals surface area contributed by atoms with Crippen LogP contribution in [0.4, 0.5) is 8.78 Å². The molecule has 1 amide bonds. The maximum Gasteiger partial charge on any atom is 0.272 e. The van der Waals surface area contributed by atoms with Crippen LogP contribution in [0, 0.1) is 0 Å². The van der Waals surface area contributed by atoms with E-state index in [0.29, 0.717) is 5.69 Å². The Bertz CT molecular complexity index is 427. The van der Waals surface area contributed by atoms with Crippen LogP contribution in [0.2, 0.25) is 0 Å². The van der Waals surface area contributed by atoms with Crippen LogP contribution in [0.5, 0.6) is 0 Å². The molecule has 0 aliphatic heterocycles. The van der Waals surface area contributed by atoms with E-state index in [-0.39, 0.29) is 18.9 Å². The summed E-state index contributed by atoms with van der Waals surface area (Å²) in [6, 6.07) is 0.746. The van der Waals surface area contributed by atoms with Gasteiger partial charge in [-0.1, -0.05) is 6.58 Å². The smallest absolute Gasteiger partial charge is 0.272 e. The Morgan fingerprint density at radius 2 is 2.50 bits per heavy atom. The van der Waals surface area contributed by atoms with E-state index in [1.54, 1.807) is 6.07 Å². The van der Waals surface area contributed by atoms with Gasteiger partial charge in [0, 0.05) is 12.6 Å². The van der Waals surface area contributed by atoms with E-state index in [0.717, 1.165) is 6.08 Å². The number of rotatable bonds is 4. The first-order valence-corrected chi connectivity index (χ1v) is 4.85. The number of aromatic nitrogens is 2. The molecule has 1 aliphatic carbocycles. The zero-order chi connectivity index (χ0) is 11.8. The molecule has 1 aliphatic rings. The standard InChI is InChI=1S/C10H11F2N3O/c1-2-9(16)13-6-7-3-4-14-15(7)8-5-10(8,11)12/h2-4,8H,1,5-6H2,(H,13,16). The van der Waals surface area contributed by atoms with Crippen molar-refractivity contribution in [3.8, 4) is 0 Å². The first kappa shape index (κ1) is 10.8. The minimum atomic E-state index is -2.66. The number of nitrogens with one attached hydrogen (secondary N) is 1. The van der Waals surface area contributed by atoms with Gasteiger partial charge in [0.2, 0.25) is 5.91 Å². The van der Waals surface area contributed by atoms with Crippen molar-refractivity contribution in [3.05, 3.63) is 30.6 Å². The molecule has 1 unspecified atom stereocenters. The highest BCUT2D eigenvalue weighted by Crippen LogP contribution is 2.52. The number of nitrogens with zero attached hydrogens (tertiary/aromatic N) is 2. The van der Waals surface area contributed by atoms with E-state index in [2.05, 4.69) is 17.0 Å². The van der Waals surface area contributed by atoms with E-state index in [4.69, 9.17) is 0 Å². The Kier molecular flexibility index (Phi) is 2.49. The average Bonchev–Trinajstić information content (AvgIpc) is 2.69. The molecule has 1 fully saturated rings. The Hall–Kier alpha value is -1.72. The second-order valence-electron chi connectivity index (χ2n) is 3.67. The molecule has 0 spiro atoms. The Balaban J connectivity index is 2.03. The zero-order valence-electron chi connectivity index (χ0n) is 8.49. The lowest BCUT2D eigenvalue weighted by Crippen LogP contribution is -2.22. The highest BCUT2D eigenvalue weighted by Gasteiger charge is 2.59. The molecule has 1 N–H and O–H groups in total. The third-order valence-electron chi connectivity index (χ3n) is 2.47. The van der Waals surface area contributed by atoms with Gasteiger partial charge in [-0.15, -0.1) is 0 Å². The summed E-state index contributed by atoms with van der Waals surface area (Å²) < 4.78 is 26.9. The molecule has 0 saturated heterocycles. The molecule has 6 heteroatoms. The third kappa shape index (κ3) is 1.95. The van der Waals surface area contributed by atoms with Crippen molar-refractivity contribution >= 4 is 5.91 Å². The summed E-state index contributed by atoms with van der Waals surface area (Å²) in [5.74, 6) is -3.00. The van der Waals surface area contributed by atoms with Gasteiger partial charge in [0.05, 0.1) is 12.2 Å². The lowest BCUT2D eigenvalue weighted by Gasteiger charge is -2.06. The van der Waals surface area contributed by atoms with Gasteiger partial charge < -0.3 is 5.32 Å². The molecule has 1 saturated carbocycles. The molecule has 1 aromatic heterocycles. The van der Waals surface area contributed by atoms with Crippen LogP contribution in [0.1, 0.15) is 18.2 Å². The molecule has 0 bridgehead atoms. The summed E-state index contributed by atoms with van der Waals surface area (Å²) in [5.41, 5.74) is 0.567. The molecular weight excluding hydrogens is 216 g/mol. The van der Waals surface area contributed by atoms with Crippen molar-refractivity contribution in [2.24, 2.45) is 0 Å². The lowest BCUT2D eigenvalue weighted by molar-refractivity contribution is -0.116. The number of carbonyl (C=O) groups is 1. The molecule has 0 radical (unpaired) electrons. The third-order valence-corrected chi connectivity index (χ3v) is 2.47. The largest absolute Gasteiger partial charge is 0.347 e. The van der Waals surface area contributed by atoms with Gasteiger partial charge >= 0.3 is 0 Å². The van der Waals surface area contributed by atoms with Gasteiger partial charge in [0.25, 0.3) is 5.92 Å². The summed E-state index contributed by atoms with van der Waals surface area (Å²) in [6.07, 6.45) is 2.40. The molecule has 1 atom stereocenters. The van der Waals surface area contributed by atoms with Crippen molar-refractivity contribution < 1.29 is 13.6 Å². The molecule has 86 valence electrons. The minimum absolute atomic E-state index is 0.178. The monoisotopic (exact) mass is 227 g/mol. The van der Waals surface area contributed by atoms with Gasteiger partial charge in [-0.2, -0.15) is 5.10 Å². The van der Waals surface area contributed by atoms with E-state index >= 15 is 0 Å². The molecule has 0 aromatic carbocycles. The van der Waals surface area contributed by atoms with Gasteiger partial charge in [0.15, 0.2) is 0 Å². The fourth-order valence-electron chi connectivity index (χ4n) is 1.48. The van der Waals surface area contributed by atoms with Gasteiger partial charge in [0.1, 0.15) is 6.04 Å². The van der Waals surface area contributed by atoms with Gasteiger partial charge in [-0.05, 0) is 12.1 Å². The van der Waals surface area contributed by atoms with Gasteiger partial charge in [-0.25, -0.2) is 8.78 Å². The van der Waals surface area contributed by atoms with Crippen molar-refractivity contribution in [2.75, 3.05) is 0 Å². The maximum absolute atomic E-state index is 12.8. The second kappa shape index (κ2) is 3.70. The zero-order valence-corrected chi connectivity index (χ0v) is 8.49. The summed E-state index contributed by atoms with van der Waals surface area (Å²) >= 11 is 0. The predicted octanol–water partition coefficient (Wildman–Crippen LogP) is 1.27. The summed E-state index contributed by atoms with van der Waals surface area (Å²) in [5, 5.41) is 6.36. The topological polar surface area (TPSA) is 46.9 Å². The molecule has 16 heavy (non-hydrogen) atoms. The van der Waals surface area contributed by atoms with Crippen LogP contribution in [-0.2, 0) is 11.3 Å². The van der Waals surface area contributed by atoms with Gasteiger partial charge in [-0.3, -0.25) is 9.48 Å². The van der Waals surface area contributed by atoms with Crippen LogP contribution in [0.3, 0.4) is 0 Å².